The Bertz CT molecular complexity index is 2770. The molecule has 0 unspecified atom stereocenters. The van der Waals surface area contributed by atoms with Crippen molar-refractivity contribution in [3.05, 3.63) is 175 Å². The quantitative estimate of drug-likeness (QED) is 0.184. The summed E-state index contributed by atoms with van der Waals surface area (Å²) < 4.78 is 2.61. The van der Waals surface area contributed by atoms with Gasteiger partial charge in [0.05, 0.1) is 17.1 Å². The smallest absolute Gasteiger partial charge is 0.0555 e. The second-order valence-electron chi connectivity index (χ2n) is 13.7. The van der Waals surface area contributed by atoms with Crippen LogP contribution in [0.3, 0.4) is 0 Å². The first-order chi connectivity index (χ1) is 24.1. The summed E-state index contributed by atoms with van der Waals surface area (Å²) in [5, 5.41) is 7.64. The highest BCUT2D eigenvalue weighted by molar-refractivity contribution is 7.26. The molecule has 0 atom stereocenters. The standard InChI is InChI=1S/C47H33NS/c1-47(2)38-19-9-7-18-36(38)45-39(47)20-11-22-41(45)48(40-21-10-8-17-35(40)34-26-25-30-13-3-4-14-31(30)27-34)42-23-12-24-43-46(42)37-28-32-15-5-6-16-33(32)29-44(37)49-43/h3-29H,1-2H3. The summed E-state index contributed by atoms with van der Waals surface area (Å²) >= 11 is 1.89. The minimum atomic E-state index is -0.106. The Labute approximate surface area is 290 Å². The molecule has 1 heterocycles. The van der Waals surface area contributed by atoms with E-state index in [1.165, 1.54) is 92.2 Å². The first kappa shape index (κ1) is 28.3. The van der Waals surface area contributed by atoms with Crippen LogP contribution in [0, 0.1) is 0 Å². The van der Waals surface area contributed by atoms with Crippen molar-refractivity contribution >= 4 is 70.1 Å². The fourth-order valence-electron chi connectivity index (χ4n) is 8.26. The fraction of sp³-hybridized carbons (Fsp3) is 0.0638. The molecule has 0 spiro atoms. The second-order valence-corrected chi connectivity index (χ2v) is 14.8. The van der Waals surface area contributed by atoms with Gasteiger partial charge in [0, 0.05) is 36.7 Å². The van der Waals surface area contributed by atoms with Gasteiger partial charge in [0.2, 0.25) is 0 Å². The van der Waals surface area contributed by atoms with Crippen molar-refractivity contribution in [2.45, 2.75) is 19.3 Å². The van der Waals surface area contributed by atoms with Gasteiger partial charge in [-0.25, -0.2) is 0 Å². The maximum atomic E-state index is 2.56. The molecule has 1 aliphatic carbocycles. The number of hydrogen-bond donors (Lipinski definition) is 0. The molecule has 2 heteroatoms. The third kappa shape index (κ3) is 4.24. The average molecular weight is 644 g/mol. The Morgan fingerprint density at radius 1 is 0.449 bits per heavy atom. The Balaban J connectivity index is 1.32. The largest absolute Gasteiger partial charge is 0.309 e. The van der Waals surface area contributed by atoms with Gasteiger partial charge in [-0.1, -0.05) is 135 Å². The maximum Gasteiger partial charge on any atom is 0.0555 e. The summed E-state index contributed by atoms with van der Waals surface area (Å²) in [5.74, 6) is 0. The van der Waals surface area contributed by atoms with Gasteiger partial charge in [-0.15, -0.1) is 11.3 Å². The van der Waals surface area contributed by atoms with Gasteiger partial charge >= 0.3 is 0 Å². The summed E-state index contributed by atoms with van der Waals surface area (Å²) in [6, 6.07) is 60.7. The van der Waals surface area contributed by atoms with Crippen molar-refractivity contribution in [2.24, 2.45) is 0 Å². The fourth-order valence-corrected chi connectivity index (χ4v) is 9.42. The van der Waals surface area contributed by atoms with Gasteiger partial charge in [-0.05, 0) is 86.3 Å². The molecule has 8 aromatic carbocycles. The molecule has 0 amide bonds. The van der Waals surface area contributed by atoms with E-state index in [-0.39, 0.29) is 5.41 Å². The third-order valence-electron chi connectivity index (χ3n) is 10.6. The Hall–Kier alpha value is -5.70. The first-order valence-corrected chi connectivity index (χ1v) is 17.8. The van der Waals surface area contributed by atoms with Crippen LogP contribution in [0.25, 0.3) is 64.0 Å². The molecular weight excluding hydrogens is 611 g/mol. The normalized spacial score (nSPS) is 13.3. The van der Waals surface area contributed by atoms with Crippen molar-refractivity contribution in [1.29, 1.82) is 0 Å². The molecule has 49 heavy (non-hydrogen) atoms. The number of thiophene rings is 1. The van der Waals surface area contributed by atoms with E-state index in [1.807, 2.05) is 11.3 Å². The zero-order chi connectivity index (χ0) is 32.7. The first-order valence-electron chi connectivity index (χ1n) is 17.0. The van der Waals surface area contributed by atoms with Crippen LogP contribution in [0.4, 0.5) is 17.1 Å². The van der Waals surface area contributed by atoms with Gasteiger partial charge in [-0.3, -0.25) is 0 Å². The van der Waals surface area contributed by atoms with Crippen molar-refractivity contribution in [3.63, 3.8) is 0 Å². The second kappa shape index (κ2) is 10.7. The zero-order valence-corrected chi connectivity index (χ0v) is 28.3. The Kier molecular flexibility index (Phi) is 6.16. The van der Waals surface area contributed by atoms with Gasteiger partial charge < -0.3 is 4.90 Å². The predicted octanol–water partition coefficient (Wildman–Crippen LogP) is 13.8. The minimum Gasteiger partial charge on any atom is -0.309 e. The molecular formula is C47H33NS. The minimum absolute atomic E-state index is 0.106. The van der Waals surface area contributed by atoms with Crippen LogP contribution in [0.2, 0.25) is 0 Å². The van der Waals surface area contributed by atoms with Gasteiger partial charge in [-0.2, -0.15) is 0 Å². The molecule has 0 fully saturated rings. The van der Waals surface area contributed by atoms with E-state index in [1.54, 1.807) is 0 Å². The summed E-state index contributed by atoms with van der Waals surface area (Å²) in [6.45, 7) is 4.74. The van der Waals surface area contributed by atoms with E-state index < -0.39 is 0 Å². The molecule has 9 aromatic rings. The number of rotatable bonds is 4. The molecule has 0 N–H and O–H groups in total. The van der Waals surface area contributed by atoms with Crippen LogP contribution in [0.5, 0.6) is 0 Å². The van der Waals surface area contributed by atoms with E-state index in [4.69, 9.17) is 0 Å². The zero-order valence-electron chi connectivity index (χ0n) is 27.4. The van der Waals surface area contributed by atoms with Crippen molar-refractivity contribution in [2.75, 3.05) is 4.90 Å². The highest BCUT2D eigenvalue weighted by atomic mass is 32.1. The van der Waals surface area contributed by atoms with Crippen LogP contribution in [-0.2, 0) is 5.41 Å². The number of para-hydroxylation sites is 1. The van der Waals surface area contributed by atoms with Gasteiger partial charge in [0.1, 0.15) is 0 Å². The van der Waals surface area contributed by atoms with E-state index in [0.29, 0.717) is 0 Å². The van der Waals surface area contributed by atoms with Crippen LogP contribution in [0.1, 0.15) is 25.0 Å². The van der Waals surface area contributed by atoms with Gasteiger partial charge in [0.15, 0.2) is 0 Å². The van der Waals surface area contributed by atoms with Crippen LogP contribution in [0.15, 0.2) is 164 Å². The van der Waals surface area contributed by atoms with Crippen molar-refractivity contribution in [3.8, 4) is 22.3 Å². The molecule has 1 nitrogen and oxygen atoms in total. The van der Waals surface area contributed by atoms with Crippen LogP contribution in [-0.4, -0.2) is 0 Å². The average Bonchev–Trinajstić information content (AvgIpc) is 3.63. The summed E-state index contributed by atoms with van der Waals surface area (Å²) in [5.41, 5.74) is 11.3. The highest BCUT2D eigenvalue weighted by Gasteiger charge is 2.38. The number of hydrogen-bond acceptors (Lipinski definition) is 2. The third-order valence-corrected chi connectivity index (χ3v) is 11.7. The summed E-state index contributed by atoms with van der Waals surface area (Å²) in [4.78, 5) is 2.56. The number of benzene rings is 8. The monoisotopic (exact) mass is 643 g/mol. The molecule has 10 rings (SSSR count). The molecule has 1 aliphatic rings. The molecule has 0 saturated heterocycles. The molecule has 0 bridgehead atoms. The highest BCUT2D eigenvalue weighted by Crippen LogP contribution is 2.56. The SMILES string of the molecule is CC1(C)c2ccccc2-c2c(N(c3ccccc3-c3ccc4ccccc4c3)c3cccc4sc5cc6ccccc6cc5c34)cccc21. The lowest BCUT2D eigenvalue weighted by molar-refractivity contribution is 0.660. The molecule has 1 aromatic heterocycles. The summed E-state index contributed by atoms with van der Waals surface area (Å²) in [6.07, 6.45) is 0. The lowest BCUT2D eigenvalue weighted by atomic mass is 9.82. The van der Waals surface area contributed by atoms with E-state index in [9.17, 15) is 0 Å². The van der Waals surface area contributed by atoms with Crippen molar-refractivity contribution < 1.29 is 0 Å². The number of nitrogens with zero attached hydrogens (tertiary/aromatic N) is 1. The Morgan fingerprint density at radius 3 is 1.90 bits per heavy atom. The van der Waals surface area contributed by atoms with Gasteiger partial charge in [0.25, 0.3) is 0 Å². The van der Waals surface area contributed by atoms with Crippen LogP contribution >= 0.6 is 11.3 Å². The van der Waals surface area contributed by atoms with E-state index >= 15 is 0 Å². The lowest BCUT2D eigenvalue weighted by Gasteiger charge is -2.31. The Morgan fingerprint density at radius 2 is 1.06 bits per heavy atom. The molecule has 232 valence electrons. The maximum absolute atomic E-state index is 2.56. The van der Waals surface area contributed by atoms with E-state index in [0.717, 1.165) is 0 Å². The predicted molar refractivity (Wildman–Crippen MR) is 212 cm³/mol. The molecule has 0 saturated carbocycles. The topological polar surface area (TPSA) is 3.24 Å². The number of fused-ring (bicyclic) bond motifs is 8. The van der Waals surface area contributed by atoms with E-state index in [2.05, 4.69) is 183 Å². The summed E-state index contributed by atoms with van der Waals surface area (Å²) in [7, 11) is 0. The number of anilines is 3. The molecule has 0 aliphatic heterocycles. The molecule has 0 radical (unpaired) electrons. The van der Waals surface area contributed by atoms with Crippen molar-refractivity contribution in [1.82, 2.24) is 0 Å². The lowest BCUT2D eigenvalue weighted by Crippen LogP contribution is -2.16. The van der Waals surface area contributed by atoms with Crippen LogP contribution < -0.4 is 4.90 Å².